The summed E-state index contributed by atoms with van der Waals surface area (Å²) in [6, 6.07) is 4.60. The van der Waals surface area contributed by atoms with Gasteiger partial charge in [0.05, 0.1) is 10.6 Å². The van der Waals surface area contributed by atoms with E-state index in [2.05, 4.69) is 10.4 Å². The van der Waals surface area contributed by atoms with Crippen molar-refractivity contribution < 1.29 is 4.92 Å². The third-order valence-electron chi connectivity index (χ3n) is 2.82. The average Bonchev–Trinajstić information content (AvgIpc) is 2.65. The zero-order chi connectivity index (χ0) is 14.0. The number of rotatable bonds is 4. The van der Waals surface area contributed by atoms with Gasteiger partial charge in [-0.15, -0.1) is 0 Å². The van der Waals surface area contributed by atoms with Crippen molar-refractivity contribution in [2.45, 2.75) is 13.5 Å². The van der Waals surface area contributed by atoms with Crippen LogP contribution in [0.4, 0.5) is 17.1 Å². The van der Waals surface area contributed by atoms with Crippen LogP contribution in [0.1, 0.15) is 11.3 Å². The maximum absolute atomic E-state index is 10.7. The first-order chi connectivity index (χ1) is 8.97. The van der Waals surface area contributed by atoms with Gasteiger partial charge in [0.25, 0.3) is 5.69 Å². The number of nitrogens with two attached hydrogens (primary N) is 1. The molecule has 0 unspecified atom stereocenters. The average molecular weight is 261 g/mol. The lowest BCUT2D eigenvalue weighted by Crippen LogP contribution is -2.02. The molecule has 0 amide bonds. The molecule has 2 aromatic rings. The van der Waals surface area contributed by atoms with Crippen molar-refractivity contribution in [3.8, 4) is 0 Å². The quantitative estimate of drug-likeness (QED) is 0.497. The molecule has 1 heterocycles. The van der Waals surface area contributed by atoms with Gasteiger partial charge in [-0.1, -0.05) is 0 Å². The highest BCUT2D eigenvalue weighted by atomic mass is 16.6. The van der Waals surface area contributed by atoms with Crippen molar-refractivity contribution in [2.75, 3.05) is 11.1 Å². The van der Waals surface area contributed by atoms with Crippen LogP contribution >= 0.6 is 0 Å². The van der Waals surface area contributed by atoms with Gasteiger partial charge in [0.15, 0.2) is 0 Å². The molecule has 100 valence electrons. The lowest BCUT2D eigenvalue weighted by atomic mass is 10.2. The van der Waals surface area contributed by atoms with Crippen LogP contribution in [0.5, 0.6) is 0 Å². The number of hydrogen-bond acceptors (Lipinski definition) is 5. The van der Waals surface area contributed by atoms with Crippen molar-refractivity contribution >= 4 is 17.1 Å². The summed E-state index contributed by atoms with van der Waals surface area (Å²) in [7, 11) is 1.86. The molecular formula is C12H15N5O2. The Morgan fingerprint density at radius 2 is 2.26 bits per heavy atom. The number of nitrogens with one attached hydrogen (secondary N) is 1. The molecule has 3 N–H and O–H groups in total. The molecule has 7 heteroatoms. The molecule has 0 saturated heterocycles. The van der Waals surface area contributed by atoms with Crippen molar-refractivity contribution in [2.24, 2.45) is 7.05 Å². The van der Waals surface area contributed by atoms with Crippen LogP contribution in [0.25, 0.3) is 0 Å². The molecule has 1 aromatic carbocycles. The van der Waals surface area contributed by atoms with E-state index >= 15 is 0 Å². The number of nitrogen functional groups attached to an aromatic ring is 1. The molecule has 0 spiro atoms. The van der Waals surface area contributed by atoms with Gasteiger partial charge < -0.3 is 11.1 Å². The van der Waals surface area contributed by atoms with E-state index in [-0.39, 0.29) is 11.4 Å². The summed E-state index contributed by atoms with van der Waals surface area (Å²) in [5.41, 5.74) is 8.46. The van der Waals surface area contributed by atoms with Gasteiger partial charge in [-0.25, -0.2) is 0 Å². The van der Waals surface area contributed by atoms with Crippen LogP contribution < -0.4 is 11.1 Å². The fraction of sp³-hybridized carbons (Fsp3) is 0.250. The largest absolute Gasteiger partial charge is 0.393 e. The summed E-state index contributed by atoms with van der Waals surface area (Å²) in [5.74, 6) is 0. The van der Waals surface area contributed by atoms with Crippen LogP contribution in [0.2, 0.25) is 0 Å². The third-order valence-corrected chi connectivity index (χ3v) is 2.82. The van der Waals surface area contributed by atoms with E-state index in [0.29, 0.717) is 6.54 Å². The Morgan fingerprint density at radius 3 is 2.79 bits per heavy atom. The van der Waals surface area contributed by atoms with Gasteiger partial charge >= 0.3 is 0 Å². The van der Waals surface area contributed by atoms with E-state index in [9.17, 15) is 10.1 Å². The van der Waals surface area contributed by atoms with Crippen LogP contribution in [0, 0.1) is 17.0 Å². The van der Waals surface area contributed by atoms with Crippen molar-refractivity contribution in [3.63, 3.8) is 0 Å². The van der Waals surface area contributed by atoms with Crippen LogP contribution in [0.3, 0.4) is 0 Å². The van der Waals surface area contributed by atoms with Gasteiger partial charge in [0, 0.05) is 37.1 Å². The number of nitro groups is 1. The Morgan fingerprint density at radius 1 is 1.53 bits per heavy atom. The SMILES string of the molecule is Cc1nn(C)cc1CNc1ccc([N+](=O)[O-])c(N)c1. The second-order valence-corrected chi connectivity index (χ2v) is 4.30. The van der Waals surface area contributed by atoms with Gasteiger partial charge in [-0.05, 0) is 19.1 Å². The third kappa shape index (κ3) is 2.82. The minimum absolute atomic E-state index is 0.0805. The van der Waals surface area contributed by atoms with E-state index in [4.69, 9.17) is 5.73 Å². The monoisotopic (exact) mass is 261 g/mol. The number of aromatic nitrogens is 2. The predicted octanol–water partition coefficient (Wildman–Crippen LogP) is 1.83. The van der Waals surface area contributed by atoms with Gasteiger partial charge in [0.1, 0.15) is 5.69 Å². The summed E-state index contributed by atoms with van der Waals surface area (Å²) in [5, 5.41) is 18.1. The second kappa shape index (κ2) is 4.97. The second-order valence-electron chi connectivity index (χ2n) is 4.30. The lowest BCUT2D eigenvalue weighted by molar-refractivity contribution is -0.383. The van der Waals surface area contributed by atoms with Gasteiger partial charge in [0.2, 0.25) is 0 Å². The molecule has 0 aliphatic rings. The maximum atomic E-state index is 10.7. The molecular weight excluding hydrogens is 246 g/mol. The highest BCUT2D eigenvalue weighted by Gasteiger charge is 2.11. The van der Waals surface area contributed by atoms with E-state index in [0.717, 1.165) is 16.9 Å². The fourth-order valence-corrected chi connectivity index (χ4v) is 1.85. The van der Waals surface area contributed by atoms with E-state index in [1.54, 1.807) is 16.8 Å². The summed E-state index contributed by atoms with van der Waals surface area (Å²) >= 11 is 0. The molecule has 2 rings (SSSR count). The van der Waals surface area contributed by atoms with Gasteiger partial charge in [-0.3, -0.25) is 14.8 Å². The van der Waals surface area contributed by atoms with Crippen LogP contribution in [-0.2, 0) is 13.6 Å². The molecule has 0 saturated carbocycles. The number of anilines is 2. The van der Waals surface area contributed by atoms with Crippen molar-refractivity contribution in [3.05, 3.63) is 45.8 Å². The zero-order valence-electron chi connectivity index (χ0n) is 10.8. The summed E-state index contributed by atoms with van der Waals surface area (Å²) < 4.78 is 1.75. The Hall–Kier alpha value is -2.57. The first kappa shape index (κ1) is 12.9. The summed E-state index contributed by atoms with van der Waals surface area (Å²) in [6.45, 7) is 2.53. The Kier molecular flexibility index (Phi) is 3.37. The van der Waals surface area contributed by atoms with Crippen molar-refractivity contribution in [1.29, 1.82) is 0 Å². The fourth-order valence-electron chi connectivity index (χ4n) is 1.85. The standard InChI is InChI=1S/C12H15N5O2/c1-8-9(7-16(2)15-8)6-14-10-3-4-12(17(18)19)11(13)5-10/h3-5,7,14H,6,13H2,1-2H3. The minimum Gasteiger partial charge on any atom is -0.393 e. The molecule has 0 atom stereocenters. The van der Waals surface area contributed by atoms with Crippen LogP contribution in [-0.4, -0.2) is 14.7 Å². The Labute approximate surface area is 110 Å². The van der Waals surface area contributed by atoms with E-state index in [1.807, 2.05) is 20.2 Å². The molecule has 0 bridgehead atoms. The highest BCUT2D eigenvalue weighted by molar-refractivity contribution is 5.65. The first-order valence-corrected chi connectivity index (χ1v) is 5.74. The molecule has 0 aliphatic heterocycles. The highest BCUT2D eigenvalue weighted by Crippen LogP contribution is 2.25. The van der Waals surface area contributed by atoms with E-state index < -0.39 is 4.92 Å². The number of benzene rings is 1. The molecule has 7 nitrogen and oxygen atoms in total. The van der Waals surface area contributed by atoms with Gasteiger partial charge in [-0.2, -0.15) is 5.10 Å². The molecule has 0 radical (unpaired) electrons. The van der Waals surface area contributed by atoms with E-state index in [1.165, 1.54) is 6.07 Å². The molecule has 0 fully saturated rings. The number of nitrogens with zero attached hydrogens (tertiary/aromatic N) is 3. The first-order valence-electron chi connectivity index (χ1n) is 5.74. The Balaban J connectivity index is 2.10. The van der Waals surface area contributed by atoms with Crippen LogP contribution in [0.15, 0.2) is 24.4 Å². The lowest BCUT2D eigenvalue weighted by Gasteiger charge is -2.06. The summed E-state index contributed by atoms with van der Waals surface area (Å²) in [6.07, 6.45) is 1.93. The molecule has 0 aliphatic carbocycles. The Bertz CT molecular complexity index is 621. The summed E-state index contributed by atoms with van der Waals surface area (Å²) in [4.78, 5) is 10.2. The number of aryl methyl sites for hydroxylation is 2. The molecule has 1 aromatic heterocycles. The topological polar surface area (TPSA) is 99.0 Å². The maximum Gasteiger partial charge on any atom is 0.292 e. The smallest absolute Gasteiger partial charge is 0.292 e. The number of nitro benzene ring substituents is 1. The number of hydrogen-bond donors (Lipinski definition) is 2. The van der Waals surface area contributed by atoms with Crippen molar-refractivity contribution in [1.82, 2.24) is 9.78 Å². The predicted molar refractivity (Wildman–Crippen MR) is 72.8 cm³/mol. The molecule has 19 heavy (non-hydrogen) atoms. The minimum atomic E-state index is -0.496. The normalized spacial score (nSPS) is 10.4. The zero-order valence-corrected chi connectivity index (χ0v) is 10.8.